The van der Waals surface area contributed by atoms with Crippen LogP contribution in [-0.2, 0) is 11.3 Å². The van der Waals surface area contributed by atoms with E-state index < -0.39 is 35.5 Å². The summed E-state index contributed by atoms with van der Waals surface area (Å²) >= 11 is 1.09. The molecule has 0 fully saturated rings. The molecule has 2 heterocycles. The molecule has 0 bridgehead atoms. The summed E-state index contributed by atoms with van der Waals surface area (Å²) in [6.07, 6.45) is 0. The van der Waals surface area contributed by atoms with Gasteiger partial charge in [-0.05, 0) is 31.2 Å². The van der Waals surface area contributed by atoms with E-state index in [9.17, 15) is 22.8 Å². The molecule has 0 spiro atoms. The number of halogens is 3. The number of carbonyl (C=O) groups excluding carboxylic acids is 1. The molecule has 9 heteroatoms. The quantitative estimate of drug-likeness (QED) is 0.563. The molecular weight excluding hydrogens is 391 g/mol. The smallest absolute Gasteiger partial charge is 0.272 e. The molecule has 5 nitrogen and oxygen atoms in total. The van der Waals surface area contributed by atoms with Gasteiger partial charge in [0.2, 0.25) is 5.91 Å². The number of carbonyl (C=O) groups is 1. The fourth-order valence-electron chi connectivity index (χ4n) is 2.94. The van der Waals surface area contributed by atoms with Crippen molar-refractivity contribution in [3.05, 3.63) is 70.0 Å². The van der Waals surface area contributed by atoms with Crippen LogP contribution < -0.4 is 10.9 Å². The van der Waals surface area contributed by atoms with Crippen LogP contribution in [0.4, 0.5) is 18.9 Å². The zero-order valence-electron chi connectivity index (χ0n) is 14.4. The third-order valence-electron chi connectivity index (χ3n) is 4.25. The highest BCUT2D eigenvalue weighted by molar-refractivity contribution is 7.25. The van der Waals surface area contributed by atoms with Gasteiger partial charge in [0, 0.05) is 10.8 Å². The van der Waals surface area contributed by atoms with E-state index in [0.29, 0.717) is 10.8 Å². The van der Waals surface area contributed by atoms with Gasteiger partial charge in [-0.2, -0.15) is 0 Å². The number of nitrogens with zero attached hydrogens (tertiary/aromatic N) is 2. The summed E-state index contributed by atoms with van der Waals surface area (Å²) in [7, 11) is 0. The minimum Gasteiger partial charge on any atom is -0.322 e. The van der Waals surface area contributed by atoms with Crippen LogP contribution in [-0.4, -0.2) is 15.5 Å². The molecule has 0 saturated carbocycles. The fourth-order valence-corrected chi connectivity index (χ4v) is 4.05. The number of anilines is 1. The maximum Gasteiger partial charge on any atom is 0.272 e. The second kappa shape index (κ2) is 6.75. The summed E-state index contributed by atoms with van der Waals surface area (Å²) in [5.41, 5.74) is -0.435. The van der Waals surface area contributed by atoms with Crippen LogP contribution in [0.25, 0.3) is 20.3 Å². The van der Waals surface area contributed by atoms with Crippen molar-refractivity contribution >= 4 is 43.2 Å². The van der Waals surface area contributed by atoms with Crippen molar-refractivity contribution in [2.45, 2.75) is 13.5 Å². The lowest BCUT2D eigenvalue weighted by molar-refractivity contribution is -0.116. The van der Waals surface area contributed by atoms with E-state index in [-0.39, 0.29) is 27.1 Å². The van der Waals surface area contributed by atoms with Crippen molar-refractivity contribution < 1.29 is 18.0 Å². The number of thiophene rings is 1. The van der Waals surface area contributed by atoms with E-state index in [2.05, 4.69) is 10.3 Å². The van der Waals surface area contributed by atoms with Gasteiger partial charge in [0.1, 0.15) is 34.5 Å². The Balaban J connectivity index is 1.72. The number of hydrogen-bond acceptors (Lipinski definition) is 4. The number of fused-ring (bicyclic) bond motifs is 3. The van der Waals surface area contributed by atoms with Gasteiger partial charge in [-0.1, -0.05) is 6.07 Å². The molecule has 0 saturated heterocycles. The van der Waals surface area contributed by atoms with Gasteiger partial charge < -0.3 is 5.32 Å². The Bertz CT molecular complexity index is 1310. The third kappa shape index (κ3) is 3.03. The van der Waals surface area contributed by atoms with Crippen LogP contribution in [0, 0.1) is 24.4 Å². The Kier molecular flexibility index (Phi) is 4.38. The van der Waals surface area contributed by atoms with Gasteiger partial charge in [0.25, 0.3) is 5.56 Å². The van der Waals surface area contributed by atoms with E-state index in [1.807, 2.05) is 0 Å². The molecule has 2 aromatic carbocycles. The van der Waals surface area contributed by atoms with Gasteiger partial charge in [-0.25, -0.2) is 18.2 Å². The molecule has 0 aliphatic heterocycles. The number of benzene rings is 2. The predicted molar refractivity (Wildman–Crippen MR) is 101 cm³/mol. The second-order valence-corrected chi connectivity index (χ2v) is 7.17. The molecular formula is C19H12F3N3O2S. The van der Waals surface area contributed by atoms with Crippen LogP contribution in [0.1, 0.15) is 5.82 Å². The topological polar surface area (TPSA) is 64.0 Å². The normalized spacial score (nSPS) is 11.3. The molecule has 1 amide bonds. The molecule has 0 unspecified atom stereocenters. The molecule has 0 atom stereocenters. The summed E-state index contributed by atoms with van der Waals surface area (Å²) in [6, 6.07) is 7.27. The largest absolute Gasteiger partial charge is 0.322 e. The number of rotatable bonds is 3. The molecule has 2 aromatic heterocycles. The molecule has 0 radical (unpaired) electrons. The second-order valence-electron chi connectivity index (χ2n) is 6.12. The van der Waals surface area contributed by atoms with Crippen LogP contribution in [0.2, 0.25) is 0 Å². The van der Waals surface area contributed by atoms with Crippen molar-refractivity contribution in [1.82, 2.24) is 9.55 Å². The fraction of sp³-hybridized carbons (Fsp3) is 0.105. The van der Waals surface area contributed by atoms with Gasteiger partial charge in [-0.3, -0.25) is 14.2 Å². The highest BCUT2D eigenvalue weighted by atomic mass is 32.1. The summed E-state index contributed by atoms with van der Waals surface area (Å²) in [5, 5.41) is 2.57. The number of nitrogens with one attached hydrogen (secondary N) is 1. The van der Waals surface area contributed by atoms with Gasteiger partial charge in [0.05, 0.1) is 16.6 Å². The van der Waals surface area contributed by atoms with E-state index in [1.54, 1.807) is 12.1 Å². The van der Waals surface area contributed by atoms with Gasteiger partial charge in [-0.15, -0.1) is 11.3 Å². The van der Waals surface area contributed by atoms with Crippen LogP contribution >= 0.6 is 11.3 Å². The van der Waals surface area contributed by atoms with Crippen molar-refractivity contribution in [2.24, 2.45) is 0 Å². The SMILES string of the molecule is Cc1nc2c(sc3cccc(F)c32)c(=O)n1CC(=O)Nc1ccc(F)cc1F. The maximum atomic E-state index is 14.2. The maximum absolute atomic E-state index is 14.2. The van der Waals surface area contributed by atoms with Gasteiger partial charge in [0.15, 0.2) is 0 Å². The molecule has 0 aliphatic carbocycles. The average molecular weight is 403 g/mol. The van der Waals surface area contributed by atoms with Crippen molar-refractivity contribution in [1.29, 1.82) is 0 Å². The predicted octanol–water partition coefficient (Wildman–Crippen LogP) is 3.98. The van der Waals surface area contributed by atoms with Crippen molar-refractivity contribution in [2.75, 3.05) is 5.32 Å². The summed E-state index contributed by atoms with van der Waals surface area (Å²) in [6.45, 7) is 1.11. The number of aryl methyl sites for hydroxylation is 1. The Morgan fingerprint density at radius 1 is 1.18 bits per heavy atom. The third-order valence-corrected chi connectivity index (χ3v) is 5.38. The Morgan fingerprint density at radius 3 is 2.71 bits per heavy atom. The minimum absolute atomic E-state index is 0.199. The minimum atomic E-state index is -0.925. The Morgan fingerprint density at radius 2 is 1.96 bits per heavy atom. The highest BCUT2D eigenvalue weighted by Crippen LogP contribution is 2.32. The lowest BCUT2D eigenvalue weighted by atomic mass is 10.2. The summed E-state index contributed by atoms with van der Waals surface area (Å²) in [5.74, 6) is -2.63. The van der Waals surface area contributed by atoms with E-state index in [0.717, 1.165) is 28.0 Å². The monoisotopic (exact) mass is 403 g/mol. The van der Waals surface area contributed by atoms with Crippen molar-refractivity contribution in [3.63, 3.8) is 0 Å². The van der Waals surface area contributed by atoms with Crippen LogP contribution in [0.15, 0.2) is 41.2 Å². The molecule has 0 aliphatic rings. The van der Waals surface area contributed by atoms with E-state index in [4.69, 9.17) is 0 Å². The molecule has 1 N–H and O–H groups in total. The summed E-state index contributed by atoms with van der Waals surface area (Å²) < 4.78 is 42.8. The number of hydrogen-bond donors (Lipinski definition) is 1. The van der Waals surface area contributed by atoms with Crippen LogP contribution in [0.3, 0.4) is 0 Å². The standard InChI is InChI=1S/C19H12F3N3O2S/c1-9-23-17-16-11(21)3-2-4-14(16)28-18(17)19(27)25(9)8-15(26)24-13-6-5-10(20)7-12(13)22/h2-7H,8H2,1H3,(H,24,26). The average Bonchev–Trinajstić information content (AvgIpc) is 3.01. The van der Waals surface area contributed by atoms with Crippen molar-refractivity contribution in [3.8, 4) is 0 Å². The molecule has 4 rings (SSSR count). The number of amides is 1. The zero-order valence-corrected chi connectivity index (χ0v) is 15.2. The molecule has 4 aromatic rings. The Labute approximate surface area is 160 Å². The first-order chi connectivity index (χ1) is 13.3. The summed E-state index contributed by atoms with van der Waals surface area (Å²) in [4.78, 5) is 29.4. The number of aromatic nitrogens is 2. The molecule has 28 heavy (non-hydrogen) atoms. The first-order valence-electron chi connectivity index (χ1n) is 8.18. The lowest BCUT2D eigenvalue weighted by Gasteiger charge is -2.10. The zero-order chi connectivity index (χ0) is 20.0. The highest BCUT2D eigenvalue weighted by Gasteiger charge is 2.18. The Hall–Kier alpha value is -3.20. The van der Waals surface area contributed by atoms with E-state index in [1.165, 1.54) is 13.0 Å². The first-order valence-corrected chi connectivity index (χ1v) is 9.00. The van der Waals surface area contributed by atoms with Gasteiger partial charge >= 0.3 is 0 Å². The van der Waals surface area contributed by atoms with Crippen LogP contribution in [0.5, 0.6) is 0 Å². The molecule has 142 valence electrons. The first kappa shape index (κ1) is 18.2. The van der Waals surface area contributed by atoms with E-state index >= 15 is 0 Å². The lowest BCUT2D eigenvalue weighted by Crippen LogP contribution is -2.30.